The van der Waals surface area contributed by atoms with E-state index in [-0.39, 0.29) is 0 Å². The largest absolute Gasteiger partial charge is 0.418 e. The Hall–Kier alpha value is -4.47. The Morgan fingerprint density at radius 3 is 2.53 bits per heavy atom. The summed E-state index contributed by atoms with van der Waals surface area (Å²) in [6.45, 7) is 1.88. The molecule has 3 aromatic heterocycles. The van der Waals surface area contributed by atoms with Crippen molar-refractivity contribution < 1.29 is 22.8 Å². The number of hydrogen-bond donors (Lipinski definition) is 1. The van der Waals surface area contributed by atoms with E-state index in [1.54, 1.807) is 42.7 Å². The number of aryl methyl sites for hydroxylation is 1. The fourth-order valence-corrected chi connectivity index (χ4v) is 3.28. The van der Waals surface area contributed by atoms with Gasteiger partial charge in [-0.15, -0.1) is 5.10 Å². The minimum atomic E-state index is -4.64. The van der Waals surface area contributed by atoms with Crippen molar-refractivity contribution >= 4 is 17.9 Å². The SMILES string of the molecule is Cc1ccc(NC(=O)c2cc(C(F)(F)F)cnn2)cc1-c1cncc(-c2ccnc(C=O)c2)c1. The van der Waals surface area contributed by atoms with Crippen LogP contribution in [0.5, 0.6) is 0 Å². The van der Waals surface area contributed by atoms with Crippen LogP contribution in [0.2, 0.25) is 0 Å². The van der Waals surface area contributed by atoms with Gasteiger partial charge in [0.2, 0.25) is 0 Å². The summed E-state index contributed by atoms with van der Waals surface area (Å²) in [5, 5.41) is 9.34. The molecular formula is C24H16F3N5O2. The molecule has 1 N–H and O–H groups in total. The number of carbonyl (C=O) groups is 2. The normalized spacial score (nSPS) is 11.2. The number of amides is 1. The van der Waals surface area contributed by atoms with Crippen LogP contribution >= 0.6 is 0 Å². The molecule has 34 heavy (non-hydrogen) atoms. The fourth-order valence-electron chi connectivity index (χ4n) is 3.28. The number of halogens is 3. The van der Waals surface area contributed by atoms with Gasteiger partial charge in [0, 0.05) is 35.4 Å². The van der Waals surface area contributed by atoms with E-state index in [0.717, 1.165) is 27.8 Å². The van der Waals surface area contributed by atoms with Crippen molar-refractivity contribution in [2.45, 2.75) is 13.1 Å². The standard InChI is InChI=1S/C24H16F3N5O2/c1-14-2-3-19(31-23(34)22-8-18(12-30-32-22)24(25,26)27)9-21(14)17-6-16(10-28-11-17)15-4-5-29-20(7-15)13-33/h2-13H,1H3,(H,31,34). The second kappa shape index (κ2) is 9.18. The molecule has 0 saturated carbocycles. The number of aldehydes is 1. The molecule has 0 spiro atoms. The zero-order valence-corrected chi connectivity index (χ0v) is 17.7. The molecule has 0 saturated heterocycles. The minimum absolute atomic E-state index is 0.293. The van der Waals surface area contributed by atoms with Crippen molar-refractivity contribution in [2.24, 2.45) is 0 Å². The third-order valence-corrected chi connectivity index (χ3v) is 4.99. The minimum Gasteiger partial charge on any atom is -0.321 e. The molecule has 0 fully saturated rings. The Morgan fingerprint density at radius 2 is 1.76 bits per heavy atom. The van der Waals surface area contributed by atoms with Crippen molar-refractivity contribution in [2.75, 3.05) is 5.32 Å². The van der Waals surface area contributed by atoms with Crippen LogP contribution < -0.4 is 5.32 Å². The summed E-state index contributed by atoms with van der Waals surface area (Å²) in [6.07, 6.45) is 1.41. The molecule has 3 heterocycles. The highest BCUT2D eigenvalue weighted by Crippen LogP contribution is 2.31. The van der Waals surface area contributed by atoms with Crippen LogP contribution in [-0.2, 0) is 6.18 Å². The van der Waals surface area contributed by atoms with Gasteiger partial charge in [-0.2, -0.15) is 18.3 Å². The molecular weight excluding hydrogens is 447 g/mol. The van der Waals surface area contributed by atoms with E-state index in [2.05, 4.69) is 25.5 Å². The average molecular weight is 463 g/mol. The molecule has 0 unspecified atom stereocenters. The number of hydrogen-bond acceptors (Lipinski definition) is 6. The second-order valence-electron chi connectivity index (χ2n) is 7.36. The maximum Gasteiger partial charge on any atom is 0.418 e. The van der Waals surface area contributed by atoms with Gasteiger partial charge in [-0.1, -0.05) is 6.07 Å². The molecule has 4 rings (SSSR count). The van der Waals surface area contributed by atoms with Crippen LogP contribution in [0.15, 0.2) is 67.3 Å². The predicted octanol–water partition coefficient (Wildman–Crippen LogP) is 4.99. The number of carbonyl (C=O) groups excluding carboxylic acids is 2. The monoisotopic (exact) mass is 463 g/mol. The number of nitrogens with zero attached hydrogens (tertiary/aromatic N) is 4. The van der Waals surface area contributed by atoms with Crippen LogP contribution in [0.4, 0.5) is 18.9 Å². The highest BCUT2D eigenvalue weighted by atomic mass is 19.4. The highest BCUT2D eigenvalue weighted by molar-refractivity contribution is 6.03. The molecule has 4 aromatic rings. The van der Waals surface area contributed by atoms with Gasteiger partial charge in [-0.05, 0) is 60.0 Å². The molecule has 0 bridgehead atoms. The molecule has 7 nitrogen and oxygen atoms in total. The molecule has 0 aliphatic rings. The third kappa shape index (κ3) is 4.96. The van der Waals surface area contributed by atoms with Gasteiger partial charge in [0.1, 0.15) is 5.69 Å². The van der Waals surface area contributed by atoms with Crippen LogP contribution in [0.25, 0.3) is 22.3 Å². The summed E-state index contributed by atoms with van der Waals surface area (Å²) in [4.78, 5) is 31.8. The van der Waals surface area contributed by atoms with E-state index in [0.29, 0.717) is 29.9 Å². The van der Waals surface area contributed by atoms with Gasteiger partial charge >= 0.3 is 6.18 Å². The summed E-state index contributed by atoms with van der Waals surface area (Å²) in [6, 6.07) is 11.0. The first-order valence-corrected chi connectivity index (χ1v) is 9.93. The zero-order chi connectivity index (χ0) is 24.3. The van der Waals surface area contributed by atoms with Gasteiger partial charge in [0.15, 0.2) is 12.0 Å². The highest BCUT2D eigenvalue weighted by Gasteiger charge is 2.32. The molecule has 1 aromatic carbocycles. The van der Waals surface area contributed by atoms with Gasteiger partial charge in [0.05, 0.1) is 11.8 Å². The summed E-state index contributed by atoms with van der Waals surface area (Å²) in [7, 11) is 0. The number of nitrogens with one attached hydrogen (secondary N) is 1. The van der Waals surface area contributed by atoms with Crippen molar-refractivity contribution in [1.82, 2.24) is 20.2 Å². The molecule has 0 aliphatic heterocycles. The van der Waals surface area contributed by atoms with Crippen LogP contribution in [0.1, 0.15) is 32.1 Å². The number of alkyl halides is 3. The second-order valence-corrected chi connectivity index (χ2v) is 7.36. The number of pyridine rings is 2. The first-order valence-electron chi connectivity index (χ1n) is 9.93. The van der Waals surface area contributed by atoms with E-state index in [4.69, 9.17) is 0 Å². The lowest BCUT2D eigenvalue weighted by atomic mass is 9.98. The third-order valence-electron chi connectivity index (χ3n) is 4.99. The molecule has 1 amide bonds. The Labute approximate surface area is 191 Å². The van der Waals surface area contributed by atoms with Gasteiger partial charge in [-0.25, -0.2) is 0 Å². The Balaban J connectivity index is 1.63. The predicted molar refractivity (Wildman–Crippen MR) is 118 cm³/mol. The lowest BCUT2D eigenvalue weighted by Crippen LogP contribution is -2.16. The Morgan fingerprint density at radius 1 is 0.971 bits per heavy atom. The fraction of sp³-hybridized carbons (Fsp3) is 0.0833. The maximum absolute atomic E-state index is 12.9. The van der Waals surface area contributed by atoms with E-state index in [1.165, 1.54) is 6.20 Å². The number of rotatable bonds is 5. The van der Waals surface area contributed by atoms with Gasteiger partial charge in [-0.3, -0.25) is 19.6 Å². The van der Waals surface area contributed by atoms with E-state index in [9.17, 15) is 22.8 Å². The zero-order valence-electron chi connectivity index (χ0n) is 17.7. The quantitative estimate of drug-likeness (QED) is 0.419. The van der Waals surface area contributed by atoms with Crippen LogP contribution in [0, 0.1) is 6.92 Å². The molecule has 170 valence electrons. The number of anilines is 1. The average Bonchev–Trinajstić information content (AvgIpc) is 2.85. The smallest absolute Gasteiger partial charge is 0.321 e. The first-order chi connectivity index (χ1) is 16.2. The number of aromatic nitrogens is 4. The molecule has 0 aliphatic carbocycles. The van der Waals surface area contributed by atoms with Crippen LogP contribution in [0.3, 0.4) is 0 Å². The molecule has 10 heteroatoms. The number of benzene rings is 1. The van der Waals surface area contributed by atoms with E-state index >= 15 is 0 Å². The summed E-state index contributed by atoms with van der Waals surface area (Å²) in [5.74, 6) is -0.821. The Kier molecular flexibility index (Phi) is 6.13. The van der Waals surface area contributed by atoms with Crippen molar-refractivity contribution in [3.63, 3.8) is 0 Å². The topological polar surface area (TPSA) is 97.7 Å². The lowest BCUT2D eigenvalue weighted by molar-refractivity contribution is -0.137. The van der Waals surface area contributed by atoms with Crippen LogP contribution in [-0.4, -0.2) is 32.4 Å². The lowest BCUT2D eigenvalue weighted by Gasteiger charge is -2.12. The first kappa shape index (κ1) is 22.7. The van der Waals surface area contributed by atoms with E-state index in [1.807, 2.05) is 13.0 Å². The molecule has 0 atom stereocenters. The summed E-state index contributed by atoms with van der Waals surface area (Å²) in [5.41, 5.74) is 3.05. The molecule has 0 radical (unpaired) electrons. The Bertz CT molecular complexity index is 1390. The van der Waals surface area contributed by atoms with Crippen molar-refractivity contribution in [1.29, 1.82) is 0 Å². The van der Waals surface area contributed by atoms with E-state index < -0.39 is 23.3 Å². The summed E-state index contributed by atoms with van der Waals surface area (Å²) >= 11 is 0. The van der Waals surface area contributed by atoms with Crippen molar-refractivity contribution in [3.8, 4) is 22.3 Å². The summed E-state index contributed by atoms with van der Waals surface area (Å²) < 4.78 is 38.7. The van der Waals surface area contributed by atoms with Gasteiger partial charge in [0.25, 0.3) is 5.91 Å². The van der Waals surface area contributed by atoms with Gasteiger partial charge < -0.3 is 5.32 Å². The van der Waals surface area contributed by atoms with Crippen molar-refractivity contribution in [3.05, 3.63) is 89.8 Å². The maximum atomic E-state index is 12.9.